The number of benzene rings is 7. The molecule has 0 spiro atoms. The summed E-state index contributed by atoms with van der Waals surface area (Å²) in [5, 5.41) is 5.99. The highest BCUT2D eigenvalue weighted by atomic mass is 16.3. The van der Waals surface area contributed by atoms with E-state index in [9.17, 15) is 0 Å². The van der Waals surface area contributed by atoms with Gasteiger partial charge in [-0.1, -0.05) is 153 Å². The van der Waals surface area contributed by atoms with Gasteiger partial charge in [0.2, 0.25) is 0 Å². The minimum Gasteiger partial charge on any atom is -0.454 e. The molecule has 0 fully saturated rings. The summed E-state index contributed by atoms with van der Waals surface area (Å²) in [6, 6.07) is 57.3. The van der Waals surface area contributed by atoms with E-state index in [4.69, 9.17) is 4.42 Å². The van der Waals surface area contributed by atoms with Crippen molar-refractivity contribution in [1.82, 2.24) is 0 Å². The predicted octanol–water partition coefficient (Wildman–Crippen LogP) is 12.0. The van der Waals surface area contributed by atoms with Crippen molar-refractivity contribution in [1.29, 1.82) is 0 Å². The average Bonchev–Trinajstić information content (AvgIpc) is 3.74. The Labute approximate surface area is 280 Å². The van der Waals surface area contributed by atoms with Gasteiger partial charge < -0.3 is 9.73 Å². The van der Waals surface area contributed by atoms with Gasteiger partial charge in [0.1, 0.15) is 5.58 Å². The van der Waals surface area contributed by atoms with Crippen molar-refractivity contribution in [3.8, 4) is 22.3 Å². The first-order chi connectivity index (χ1) is 23.6. The van der Waals surface area contributed by atoms with E-state index in [-0.39, 0.29) is 5.41 Å². The van der Waals surface area contributed by atoms with Crippen LogP contribution in [0.25, 0.3) is 44.2 Å². The second-order valence-corrected chi connectivity index (χ2v) is 13.7. The summed E-state index contributed by atoms with van der Waals surface area (Å²) in [6.07, 6.45) is 0. The molecule has 228 valence electrons. The molecular formula is C46H33NO. The van der Waals surface area contributed by atoms with Crippen LogP contribution in [0.15, 0.2) is 162 Å². The number of hydrogen-bond donors (Lipinski definition) is 1. The number of anilines is 2. The summed E-state index contributed by atoms with van der Waals surface area (Å²) in [7, 11) is 0. The van der Waals surface area contributed by atoms with Gasteiger partial charge in [0, 0.05) is 27.4 Å². The van der Waals surface area contributed by atoms with Crippen molar-refractivity contribution >= 4 is 33.3 Å². The molecule has 8 aromatic rings. The third kappa shape index (κ3) is 3.52. The van der Waals surface area contributed by atoms with E-state index in [1.165, 1.54) is 50.1 Å². The highest BCUT2D eigenvalue weighted by Crippen LogP contribution is 2.58. The smallest absolute Gasteiger partial charge is 0.158 e. The Morgan fingerprint density at radius 1 is 0.438 bits per heavy atom. The highest BCUT2D eigenvalue weighted by Gasteiger charge is 2.47. The van der Waals surface area contributed by atoms with Crippen LogP contribution in [0.1, 0.15) is 47.2 Å². The molecule has 2 aliphatic rings. The molecular weight excluding hydrogens is 583 g/mol. The molecule has 48 heavy (non-hydrogen) atoms. The predicted molar refractivity (Wildman–Crippen MR) is 198 cm³/mol. The van der Waals surface area contributed by atoms with Crippen molar-refractivity contribution in [2.24, 2.45) is 0 Å². The van der Waals surface area contributed by atoms with E-state index in [0.717, 1.165) is 38.9 Å². The van der Waals surface area contributed by atoms with E-state index >= 15 is 0 Å². The molecule has 0 atom stereocenters. The number of fused-ring (bicyclic) bond motifs is 9. The van der Waals surface area contributed by atoms with Gasteiger partial charge in [-0.05, 0) is 68.3 Å². The summed E-state index contributed by atoms with van der Waals surface area (Å²) in [5.41, 5.74) is 16.1. The second-order valence-electron chi connectivity index (χ2n) is 13.7. The summed E-state index contributed by atoms with van der Waals surface area (Å²) < 4.78 is 7.10. The number of hydrogen-bond acceptors (Lipinski definition) is 2. The van der Waals surface area contributed by atoms with Gasteiger partial charge in [-0.3, -0.25) is 0 Å². The van der Waals surface area contributed by atoms with Crippen molar-refractivity contribution in [3.63, 3.8) is 0 Å². The molecule has 0 radical (unpaired) electrons. The van der Waals surface area contributed by atoms with Gasteiger partial charge in [0.25, 0.3) is 0 Å². The number of nitrogens with one attached hydrogen (secondary N) is 1. The number of para-hydroxylation sites is 2. The van der Waals surface area contributed by atoms with Crippen molar-refractivity contribution < 1.29 is 4.42 Å². The summed E-state index contributed by atoms with van der Waals surface area (Å²) in [4.78, 5) is 0. The van der Waals surface area contributed by atoms with Crippen LogP contribution in [0.3, 0.4) is 0 Å². The highest BCUT2D eigenvalue weighted by molar-refractivity contribution is 6.11. The van der Waals surface area contributed by atoms with Crippen LogP contribution in [0, 0.1) is 0 Å². The maximum absolute atomic E-state index is 7.10. The zero-order chi connectivity index (χ0) is 32.0. The second kappa shape index (κ2) is 9.82. The molecule has 0 saturated carbocycles. The molecule has 10 rings (SSSR count). The Hall–Kier alpha value is -5.86. The average molecular weight is 616 g/mol. The molecule has 0 unspecified atom stereocenters. The fourth-order valence-electron chi connectivity index (χ4n) is 8.83. The molecule has 0 saturated heterocycles. The third-order valence-corrected chi connectivity index (χ3v) is 10.9. The fourth-order valence-corrected chi connectivity index (χ4v) is 8.83. The normalized spacial score (nSPS) is 14.8. The lowest BCUT2D eigenvalue weighted by Gasteiger charge is -2.33. The third-order valence-electron chi connectivity index (χ3n) is 10.9. The van der Waals surface area contributed by atoms with Crippen LogP contribution < -0.4 is 5.32 Å². The Morgan fingerprint density at radius 2 is 0.979 bits per heavy atom. The largest absolute Gasteiger partial charge is 0.454 e. The minimum absolute atomic E-state index is 0.0660. The molecule has 2 nitrogen and oxygen atoms in total. The molecule has 0 amide bonds. The topological polar surface area (TPSA) is 25.2 Å². The summed E-state index contributed by atoms with van der Waals surface area (Å²) in [5.74, 6) is 0. The Bertz CT molecular complexity index is 2530. The lowest BCUT2D eigenvalue weighted by atomic mass is 9.67. The van der Waals surface area contributed by atoms with E-state index in [1.54, 1.807) is 0 Å². The standard InChI is InChI=1S/C46H33NO/c1-45(2)37-21-9-6-16-31(37)34-27-26-30(28-41(34)45)47-42-25-13-20-36-35-19-12-24-40(43(35)48-44(36)42)46(29-14-4-3-5-15-29)38-22-10-7-17-32(38)33-18-8-11-23-39(33)46/h3-28,47H,1-2H3. The monoisotopic (exact) mass is 615 g/mol. The van der Waals surface area contributed by atoms with Crippen molar-refractivity contribution in [2.45, 2.75) is 24.7 Å². The molecule has 1 N–H and O–H groups in total. The Balaban J connectivity index is 1.18. The van der Waals surface area contributed by atoms with Gasteiger partial charge in [-0.25, -0.2) is 0 Å². The molecule has 2 aliphatic carbocycles. The van der Waals surface area contributed by atoms with Crippen molar-refractivity contribution in [2.75, 3.05) is 5.32 Å². The van der Waals surface area contributed by atoms with Gasteiger partial charge in [-0.2, -0.15) is 0 Å². The van der Waals surface area contributed by atoms with Gasteiger partial charge in [0.15, 0.2) is 5.58 Å². The quantitative estimate of drug-likeness (QED) is 0.213. The zero-order valence-electron chi connectivity index (χ0n) is 26.9. The van der Waals surface area contributed by atoms with Crippen LogP contribution in [0.5, 0.6) is 0 Å². The van der Waals surface area contributed by atoms with Crippen LogP contribution >= 0.6 is 0 Å². The molecule has 0 bridgehead atoms. The van der Waals surface area contributed by atoms with E-state index in [0.29, 0.717) is 0 Å². The summed E-state index contributed by atoms with van der Waals surface area (Å²) in [6.45, 7) is 4.65. The molecule has 0 aliphatic heterocycles. The van der Waals surface area contributed by atoms with Crippen LogP contribution in [0.2, 0.25) is 0 Å². The van der Waals surface area contributed by atoms with Crippen LogP contribution in [-0.2, 0) is 10.8 Å². The lowest BCUT2D eigenvalue weighted by Crippen LogP contribution is -2.28. The van der Waals surface area contributed by atoms with Crippen LogP contribution in [0.4, 0.5) is 11.4 Å². The number of furan rings is 1. The first-order valence-corrected chi connectivity index (χ1v) is 16.8. The summed E-state index contributed by atoms with van der Waals surface area (Å²) >= 11 is 0. The maximum Gasteiger partial charge on any atom is 0.158 e. The van der Waals surface area contributed by atoms with E-state index in [2.05, 4.69) is 177 Å². The first kappa shape index (κ1) is 27.3. The van der Waals surface area contributed by atoms with Crippen molar-refractivity contribution in [3.05, 3.63) is 191 Å². The first-order valence-electron chi connectivity index (χ1n) is 16.8. The zero-order valence-corrected chi connectivity index (χ0v) is 26.9. The molecule has 7 aromatic carbocycles. The SMILES string of the molecule is CC1(C)c2ccccc2-c2ccc(Nc3cccc4c3oc3c(C5(c6ccccc6)c6ccccc6-c6ccccc65)cccc34)cc21. The maximum atomic E-state index is 7.10. The molecule has 1 aromatic heterocycles. The van der Waals surface area contributed by atoms with Gasteiger partial charge in [-0.15, -0.1) is 0 Å². The number of rotatable bonds is 4. The van der Waals surface area contributed by atoms with E-state index in [1.807, 2.05) is 0 Å². The van der Waals surface area contributed by atoms with Gasteiger partial charge in [0.05, 0.1) is 11.1 Å². The molecule has 2 heteroatoms. The lowest BCUT2D eigenvalue weighted by molar-refractivity contribution is 0.649. The van der Waals surface area contributed by atoms with Crippen LogP contribution in [-0.4, -0.2) is 0 Å². The molecule has 1 heterocycles. The Kier molecular flexibility index (Phi) is 5.58. The Morgan fingerprint density at radius 3 is 1.69 bits per heavy atom. The fraction of sp³-hybridized carbons (Fsp3) is 0.0870. The minimum atomic E-state index is -0.532. The van der Waals surface area contributed by atoms with E-state index < -0.39 is 5.41 Å². The van der Waals surface area contributed by atoms with Gasteiger partial charge >= 0.3 is 0 Å².